The first kappa shape index (κ1) is 23.4. The molecule has 0 bridgehead atoms. The number of rotatable bonds is 8. The van der Waals surface area contributed by atoms with Crippen molar-refractivity contribution in [3.8, 4) is 11.1 Å². The van der Waals surface area contributed by atoms with Crippen LogP contribution < -0.4 is 10.6 Å². The Morgan fingerprint density at radius 1 is 0.971 bits per heavy atom. The first-order chi connectivity index (χ1) is 16.9. The van der Waals surface area contributed by atoms with Gasteiger partial charge in [0.2, 0.25) is 5.91 Å². The zero-order chi connectivity index (χ0) is 24.6. The Bertz CT molecular complexity index is 1100. The number of alkyl carbamates (subject to hydrolysis) is 1. The van der Waals surface area contributed by atoms with E-state index in [2.05, 4.69) is 34.9 Å². The van der Waals surface area contributed by atoms with E-state index in [0.717, 1.165) is 43.2 Å². The molecule has 35 heavy (non-hydrogen) atoms. The lowest BCUT2D eigenvalue weighted by Gasteiger charge is -2.28. The van der Waals surface area contributed by atoms with Gasteiger partial charge in [0, 0.05) is 18.4 Å². The maximum absolute atomic E-state index is 12.7. The summed E-state index contributed by atoms with van der Waals surface area (Å²) in [6, 6.07) is 16.3. The van der Waals surface area contributed by atoms with Gasteiger partial charge in [-0.15, -0.1) is 0 Å². The van der Waals surface area contributed by atoms with Crippen LogP contribution >= 0.6 is 0 Å². The molecule has 2 amide bonds. The van der Waals surface area contributed by atoms with Gasteiger partial charge >= 0.3 is 12.1 Å². The fourth-order valence-corrected chi connectivity index (χ4v) is 5.83. The van der Waals surface area contributed by atoms with Crippen LogP contribution in [-0.2, 0) is 14.3 Å². The quantitative estimate of drug-likeness (QED) is 0.522. The molecule has 7 heteroatoms. The van der Waals surface area contributed by atoms with Crippen molar-refractivity contribution in [3.63, 3.8) is 0 Å². The van der Waals surface area contributed by atoms with Crippen molar-refractivity contribution < 1.29 is 24.2 Å². The number of amides is 2. The van der Waals surface area contributed by atoms with Crippen molar-refractivity contribution in [3.05, 3.63) is 59.7 Å². The molecule has 0 radical (unpaired) electrons. The summed E-state index contributed by atoms with van der Waals surface area (Å²) in [5, 5.41) is 15.3. The number of carboxylic acid groups (broad SMARTS) is 1. The second kappa shape index (κ2) is 9.36. The van der Waals surface area contributed by atoms with Crippen LogP contribution in [0.15, 0.2) is 48.5 Å². The summed E-state index contributed by atoms with van der Waals surface area (Å²) in [6.07, 6.45) is 3.86. The molecule has 3 unspecified atom stereocenters. The van der Waals surface area contributed by atoms with Crippen molar-refractivity contribution >= 4 is 18.0 Å². The van der Waals surface area contributed by atoms with Crippen LogP contribution in [0.25, 0.3) is 11.1 Å². The summed E-state index contributed by atoms with van der Waals surface area (Å²) in [5.74, 6) is -1.31. The molecule has 3 N–H and O–H groups in total. The number of nitrogens with one attached hydrogen (secondary N) is 2. The zero-order valence-corrected chi connectivity index (χ0v) is 20.0. The summed E-state index contributed by atoms with van der Waals surface area (Å²) in [7, 11) is 0. The molecule has 0 saturated heterocycles. The standard InChI is InChI=1S/C28H32N2O5/c1-28(26(32)33,18-13-14-18)30-25(31)15-17-7-6-12-24(17)29-27(34)35-16-23-21-10-4-2-8-19(21)20-9-3-5-11-22(20)23/h2-5,8-11,17-18,23-24H,6-7,12-16H2,1H3,(H,29,34)(H,30,31)(H,32,33). The average Bonchev–Trinajstić information content (AvgIpc) is 3.55. The van der Waals surface area contributed by atoms with Crippen LogP contribution in [0.4, 0.5) is 4.79 Å². The Morgan fingerprint density at radius 2 is 1.60 bits per heavy atom. The number of carbonyl (C=O) groups is 3. The molecule has 184 valence electrons. The number of fused-ring (bicyclic) bond motifs is 3. The first-order valence-electron chi connectivity index (χ1n) is 12.5. The van der Waals surface area contributed by atoms with E-state index in [4.69, 9.17) is 4.74 Å². The third-order valence-corrected chi connectivity index (χ3v) is 7.99. The number of carboxylic acids is 1. The minimum absolute atomic E-state index is 0.00516. The Labute approximate surface area is 205 Å². The fourth-order valence-electron chi connectivity index (χ4n) is 5.83. The number of hydrogen-bond acceptors (Lipinski definition) is 4. The minimum Gasteiger partial charge on any atom is -0.480 e. The van der Waals surface area contributed by atoms with Gasteiger partial charge in [0.05, 0.1) is 0 Å². The highest BCUT2D eigenvalue weighted by Gasteiger charge is 2.48. The van der Waals surface area contributed by atoms with E-state index in [1.54, 1.807) is 6.92 Å². The van der Waals surface area contributed by atoms with E-state index in [9.17, 15) is 19.5 Å². The van der Waals surface area contributed by atoms with Crippen LogP contribution in [0, 0.1) is 11.8 Å². The van der Waals surface area contributed by atoms with Crippen molar-refractivity contribution in [1.29, 1.82) is 0 Å². The smallest absolute Gasteiger partial charge is 0.407 e. The molecular weight excluding hydrogens is 444 g/mol. The molecule has 2 aromatic rings. The lowest BCUT2D eigenvalue weighted by atomic mass is 9.93. The molecule has 2 saturated carbocycles. The van der Waals surface area contributed by atoms with Crippen LogP contribution in [0.1, 0.15) is 62.5 Å². The third kappa shape index (κ3) is 4.64. The van der Waals surface area contributed by atoms with E-state index in [1.165, 1.54) is 11.1 Å². The highest BCUT2D eigenvalue weighted by atomic mass is 16.5. The summed E-state index contributed by atoms with van der Waals surface area (Å²) in [6.45, 7) is 1.84. The van der Waals surface area contributed by atoms with Gasteiger partial charge < -0.3 is 20.5 Å². The molecule has 3 aliphatic carbocycles. The first-order valence-corrected chi connectivity index (χ1v) is 12.5. The molecule has 0 heterocycles. The van der Waals surface area contributed by atoms with Gasteiger partial charge in [0.25, 0.3) is 0 Å². The predicted molar refractivity (Wildman–Crippen MR) is 131 cm³/mol. The average molecular weight is 477 g/mol. The monoisotopic (exact) mass is 476 g/mol. The van der Waals surface area contributed by atoms with E-state index in [0.29, 0.717) is 0 Å². The van der Waals surface area contributed by atoms with Gasteiger partial charge in [-0.1, -0.05) is 55.0 Å². The van der Waals surface area contributed by atoms with E-state index < -0.39 is 17.6 Å². The molecule has 3 aliphatic rings. The Kier molecular flexibility index (Phi) is 6.26. The Balaban J connectivity index is 1.17. The number of carbonyl (C=O) groups excluding carboxylic acids is 2. The summed E-state index contributed by atoms with van der Waals surface area (Å²) in [4.78, 5) is 37.1. The molecule has 0 aliphatic heterocycles. The van der Waals surface area contributed by atoms with Gasteiger partial charge in [-0.2, -0.15) is 0 Å². The second-order valence-corrected chi connectivity index (χ2v) is 10.3. The van der Waals surface area contributed by atoms with Gasteiger partial charge in [0.15, 0.2) is 0 Å². The van der Waals surface area contributed by atoms with Crippen LogP contribution in [0.5, 0.6) is 0 Å². The largest absolute Gasteiger partial charge is 0.480 e. The lowest BCUT2D eigenvalue weighted by molar-refractivity contribution is -0.148. The van der Waals surface area contributed by atoms with Crippen molar-refractivity contribution in [2.45, 2.75) is 62.9 Å². The molecule has 5 rings (SSSR count). The van der Waals surface area contributed by atoms with Crippen LogP contribution in [-0.4, -0.2) is 41.3 Å². The summed E-state index contributed by atoms with van der Waals surface area (Å²) >= 11 is 0. The Morgan fingerprint density at radius 3 is 2.20 bits per heavy atom. The van der Waals surface area contributed by atoms with Crippen molar-refractivity contribution in [1.82, 2.24) is 10.6 Å². The van der Waals surface area contributed by atoms with Gasteiger partial charge in [-0.3, -0.25) is 4.79 Å². The minimum atomic E-state index is -1.22. The molecule has 0 spiro atoms. The maximum Gasteiger partial charge on any atom is 0.407 e. The molecule has 7 nitrogen and oxygen atoms in total. The molecule has 3 atom stereocenters. The van der Waals surface area contributed by atoms with Gasteiger partial charge in [-0.25, -0.2) is 9.59 Å². The number of benzene rings is 2. The zero-order valence-electron chi connectivity index (χ0n) is 20.0. The topological polar surface area (TPSA) is 105 Å². The molecule has 2 aromatic carbocycles. The molecule has 2 fully saturated rings. The maximum atomic E-state index is 12.7. The van der Waals surface area contributed by atoms with E-state index >= 15 is 0 Å². The molecular formula is C28H32N2O5. The van der Waals surface area contributed by atoms with Gasteiger partial charge in [-0.05, 0) is 66.7 Å². The normalized spacial score (nSPS) is 22.5. The highest BCUT2D eigenvalue weighted by molar-refractivity contribution is 5.87. The number of ether oxygens (including phenoxy) is 1. The number of aliphatic carboxylic acids is 1. The third-order valence-electron chi connectivity index (χ3n) is 7.99. The van der Waals surface area contributed by atoms with E-state index in [1.807, 2.05) is 24.3 Å². The Hall–Kier alpha value is -3.35. The second-order valence-electron chi connectivity index (χ2n) is 10.3. The van der Waals surface area contributed by atoms with Gasteiger partial charge in [0.1, 0.15) is 12.1 Å². The van der Waals surface area contributed by atoms with Crippen molar-refractivity contribution in [2.75, 3.05) is 6.61 Å². The number of hydrogen-bond donors (Lipinski definition) is 3. The lowest BCUT2D eigenvalue weighted by Crippen LogP contribution is -2.54. The van der Waals surface area contributed by atoms with Crippen molar-refractivity contribution in [2.24, 2.45) is 11.8 Å². The molecule has 0 aromatic heterocycles. The van der Waals surface area contributed by atoms with Crippen LogP contribution in [0.3, 0.4) is 0 Å². The van der Waals surface area contributed by atoms with E-state index in [-0.39, 0.29) is 42.7 Å². The van der Waals surface area contributed by atoms with Crippen LogP contribution in [0.2, 0.25) is 0 Å². The summed E-state index contributed by atoms with van der Waals surface area (Å²) in [5.41, 5.74) is 3.46. The SMILES string of the molecule is CC(NC(=O)CC1CCCC1NC(=O)OCC1c2ccccc2-c2ccccc21)(C(=O)O)C1CC1. The predicted octanol–water partition coefficient (Wildman–Crippen LogP) is 4.45. The fraction of sp³-hybridized carbons (Fsp3) is 0.464. The summed E-state index contributed by atoms with van der Waals surface area (Å²) < 4.78 is 5.68. The highest BCUT2D eigenvalue weighted by Crippen LogP contribution is 2.44.